The topological polar surface area (TPSA) is 30.7 Å². The summed E-state index contributed by atoms with van der Waals surface area (Å²) in [7, 11) is 0. The average molecular weight is 254 g/mol. The molecule has 2 unspecified atom stereocenters. The molecule has 2 fully saturated rings. The summed E-state index contributed by atoms with van der Waals surface area (Å²) in [6, 6.07) is 0. The van der Waals surface area contributed by atoms with E-state index in [-0.39, 0.29) is 0 Å². The van der Waals surface area contributed by atoms with Crippen LogP contribution in [0.4, 0.5) is 0 Å². The largest absolute Gasteiger partial charge is 0.250 e. The average Bonchev–Trinajstić information content (AvgIpc) is 2.75. The van der Waals surface area contributed by atoms with Crippen molar-refractivity contribution in [2.75, 3.05) is 5.88 Å². The third kappa shape index (κ3) is 2.10. The summed E-state index contributed by atoms with van der Waals surface area (Å²) in [5.41, 5.74) is 0.313. The fraction of sp³-hybridized carbons (Fsp3) is 0.846. The lowest BCUT2D eigenvalue weighted by Gasteiger charge is -2.28. The Morgan fingerprint density at radius 3 is 2.88 bits per heavy atom. The highest BCUT2D eigenvalue weighted by Gasteiger charge is 2.53. The fourth-order valence-corrected chi connectivity index (χ4v) is 3.78. The molecule has 0 saturated heterocycles. The SMILES string of the molecule is CCCn1ncnc1CC1(CCl)CC2CC2C1. The van der Waals surface area contributed by atoms with E-state index in [4.69, 9.17) is 11.6 Å². The van der Waals surface area contributed by atoms with Gasteiger partial charge in [-0.05, 0) is 42.9 Å². The Morgan fingerprint density at radius 2 is 2.24 bits per heavy atom. The van der Waals surface area contributed by atoms with Gasteiger partial charge in [-0.3, -0.25) is 4.68 Å². The van der Waals surface area contributed by atoms with Crippen molar-refractivity contribution in [1.82, 2.24) is 14.8 Å². The molecule has 3 nitrogen and oxygen atoms in total. The van der Waals surface area contributed by atoms with Crippen molar-refractivity contribution in [3.05, 3.63) is 12.2 Å². The van der Waals surface area contributed by atoms with Crippen molar-refractivity contribution in [2.24, 2.45) is 17.3 Å². The molecule has 1 aromatic heterocycles. The van der Waals surface area contributed by atoms with E-state index in [2.05, 4.69) is 21.7 Å². The first kappa shape index (κ1) is 11.5. The molecule has 4 heteroatoms. The first-order valence-corrected chi connectivity index (χ1v) is 7.22. The second-order valence-electron chi connectivity index (χ2n) is 5.87. The molecule has 2 aliphatic carbocycles. The van der Waals surface area contributed by atoms with Crippen LogP contribution in [0.3, 0.4) is 0 Å². The highest BCUT2D eigenvalue weighted by Crippen LogP contribution is 2.61. The van der Waals surface area contributed by atoms with Gasteiger partial charge < -0.3 is 0 Å². The zero-order chi connectivity index (χ0) is 11.9. The lowest BCUT2D eigenvalue weighted by molar-refractivity contribution is 0.290. The van der Waals surface area contributed by atoms with Crippen LogP contribution in [0.2, 0.25) is 0 Å². The van der Waals surface area contributed by atoms with E-state index in [1.807, 2.05) is 0 Å². The molecule has 0 aliphatic heterocycles. The Labute approximate surface area is 108 Å². The number of halogens is 1. The summed E-state index contributed by atoms with van der Waals surface area (Å²) in [5.74, 6) is 3.85. The molecule has 2 aliphatic rings. The Morgan fingerprint density at radius 1 is 1.47 bits per heavy atom. The maximum absolute atomic E-state index is 6.24. The van der Waals surface area contributed by atoms with Crippen LogP contribution in [0.25, 0.3) is 0 Å². The lowest BCUT2D eigenvalue weighted by atomic mass is 9.81. The number of aromatic nitrogens is 3. The number of hydrogen-bond donors (Lipinski definition) is 0. The van der Waals surface area contributed by atoms with E-state index in [1.54, 1.807) is 6.33 Å². The summed E-state index contributed by atoms with van der Waals surface area (Å²) in [6.45, 7) is 3.15. The van der Waals surface area contributed by atoms with E-state index in [0.717, 1.165) is 42.9 Å². The first-order chi connectivity index (χ1) is 8.26. The maximum Gasteiger partial charge on any atom is 0.138 e. The third-order valence-corrected chi connectivity index (χ3v) is 4.97. The Kier molecular flexibility index (Phi) is 2.89. The van der Waals surface area contributed by atoms with Crippen LogP contribution in [0.15, 0.2) is 6.33 Å². The molecule has 0 bridgehead atoms. The number of fused-ring (bicyclic) bond motifs is 1. The molecule has 17 heavy (non-hydrogen) atoms. The Hall–Kier alpha value is -0.570. The van der Waals surface area contributed by atoms with Crippen LogP contribution in [-0.4, -0.2) is 20.6 Å². The summed E-state index contributed by atoms with van der Waals surface area (Å²) < 4.78 is 2.05. The van der Waals surface area contributed by atoms with Crippen molar-refractivity contribution < 1.29 is 0 Å². The molecule has 1 heterocycles. The minimum atomic E-state index is 0.313. The van der Waals surface area contributed by atoms with Gasteiger partial charge in [0, 0.05) is 18.8 Å². The van der Waals surface area contributed by atoms with Crippen LogP contribution in [-0.2, 0) is 13.0 Å². The van der Waals surface area contributed by atoms with Gasteiger partial charge in [0.15, 0.2) is 0 Å². The van der Waals surface area contributed by atoms with E-state index >= 15 is 0 Å². The minimum absolute atomic E-state index is 0.313. The zero-order valence-electron chi connectivity index (χ0n) is 10.4. The Balaban J connectivity index is 1.74. The number of aryl methyl sites for hydroxylation is 1. The molecule has 0 radical (unpaired) electrons. The molecule has 1 aromatic rings. The minimum Gasteiger partial charge on any atom is -0.250 e. The van der Waals surface area contributed by atoms with Crippen molar-refractivity contribution >= 4 is 11.6 Å². The molecule has 0 aromatic carbocycles. The number of rotatable bonds is 5. The molecule has 2 atom stereocenters. The quantitative estimate of drug-likeness (QED) is 0.756. The van der Waals surface area contributed by atoms with Crippen LogP contribution in [0.1, 0.15) is 38.4 Å². The maximum atomic E-state index is 6.24. The number of hydrogen-bond acceptors (Lipinski definition) is 2. The van der Waals surface area contributed by atoms with E-state index in [0.29, 0.717) is 5.41 Å². The van der Waals surface area contributed by atoms with Crippen molar-refractivity contribution in [2.45, 2.75) is 45.6 Å². The Bertz CT molecular complexity index is 391. The molecular weight excluding hydrogens is 234 g/mol. The second kappa shape index (κ2) is 4.27. The van der Waals surface area contributed by atoms with Gasteiger partial charge in [0.1, 0.15) is 12.2 Å². The van der Waals surface area contributed by atoms with Crippen LogP contribution in [0.5, 0.6) is 0 Å². The molecule has 2 saturated carbocycles. The highest BCUT2D eigenvalue weighted by molar-refractivity contribution is 6.18. The van der Waals surface area contributed by atoms with Gasteiger partial charge in [0.05, 0.1) is 0 Å². The monoisotopic (exact) mass is 253 g/mol. The van der Waals surface area contributed by atoms with Crippen molar-refractivity contribution in [1.29, 1.82) is 0 Å². The zero-order valence-corrected chi connectivity index (χ0v) is 11.2. The van der Waals surface area contributed by atoms with Gasteiger partial charge in [-0.2, -0.15) is 5.10 Å². The van der Waals surface area contributed by atoms with Gasteiger partial charge in [0.2, 0.25) is 0 Å². The first-order valence-electron chi connectivity index (χ1n) is 6.69. The van der Waals surface area contributed by atoms with Gasteiger partial charge in [-0.1, -0.05) is 6.92 Å². The van der Waals surface area contributed by atoms with Crippen molar-refractivity contribution in [3.8, 4) is 0 Å². The normalized spacial score (nSPS) is 34.9. The van der Waals surface area contributed by atoms with E-state index in [9.17, 15) is 0 Å². The number of alkyl halides is 1. The van der Waals surface area contributed by atoms with Gasteiger partial charge in [0.25, 0.3) is 0 Å². The molecule has 94 valence electrons. The summed E-state index contributed by atoms with van der Waals surface area (Å²) in [6.07, 6.45) is 7.86. The van der Waals surface area contributed by atoms with Gasteiger partial charge >= 0.3 is 0 Å². The predicted molar refractivity (Wildman–Crippen MR) is 68.0 cm³/mol. The predicted octanol–water partition coefficient (Wildman–Crippen LogP) is 2.89. The molecule has 0 amide bonds. The smallest absolute Gasteiger partial charge is 0.138 e. The fourth-order valence-electron chi connectivity index (χ4n) is 3.47. The number of nitrogens with zero attached hydrogens (tertiary/aromatic N) is 3. The van der Waals surface area contributed by atoms with Crippen molar-refractivity contribution in [3.63, 3.8) is 0 Å². The van der Waals surface area contributed by atoms with Crippen LogP contribution >= 0.6 is 11.6 Å². The lowest BCUT2D eigenvalue weighted by Crippen LogP contribution is -2.26. The standard InChI is InChI=1S/C13H20ClN3/c1-2-3-17-12(15-9-16-17)7-13(8-14)5-10-4-11(10)6-13/h9-11H,2-8H2,1H3. The molecule has 0 spiro atoms. The summed E-state index contributed by atoms with van der Waals surface area (Å²) in [5, 5.41) is 4.31. The van der Waals surface area contributed by atoms with E-state index < -0.39 is 0 Å². The van der Waals surface area contributed by atoms with E-state index in [1.165, 1.54) is 19.3 Å². The summed E-state index contributed by atoms with van der Waals surface area (Å²) in [4.78, 5) is 4.42. The van der Waals surface area contributed by atoms with Gasteiger partial charge in [-0.15, -0.1) is 11.6 Å². The van der Waals surface area contributed by atoms with Crippen LogP contribution < -0.4 is 0 Å². The second-order valence-corrected chi connectivity index (χ2v) is 6.14. The molecular formula is C13H20ClN3. The molecule has 0 N–H and O–H groups in total. The van der Waals surface area contributed by atoms with Crippen LogP contribution in [0, 0.1) is 17.3 Å². The van der Waals surface area contributed by atoms with Gasteiger partial charge in [-0.25, -0.2) is 4.98 Å². The summed E-state index contributed by atoms with van der Waals surface area (Å²) >= 11 is 6.24. The third-order valence-electron chi connectivity index (χ3n) is 4.41. The molecule has 3 rings (SSSR count). The highest BCUT2D eigenvalue weighted by atomic mass is 35.5.